The van der Waals surface area contributed by atoms with E-state index < -0.39 is 5.97 Å². The lowest BCUT2D eigenvalue weighted by molar-refractivity contribution is -0.138. The van der Waals surface area contributed by atoms with Crippen LogP contribution in [0.4, 0.5) is 0 Å². The number of hydrogen-bond acceptors (Lipinski definition) is 2. The van der Waals surface area contributed by atoms with Crippen molar-refractivity contribution in [1.82, 2.24) is 5.32 Å². The summed E-state index contributed by atoms with van der Waals surface area (Å²) in [5.41, 5.74) is 2.68. The highest BCUT2D eigenvalue weighted by Crippen LogP contribution is 2.28. The highest BCUT2D eigenvalue weighted by Gasteiger charge is 2.24. The van der Waals surface area contributed by atoms with E-state index in [2.05, 4.69) is 36.5 Å². The molecule has 1 aromatic rings. The molecule has 0 aliphatic carbocycles. The minimum atomic E-state index is -0.691. The standard InChI is InChI=1S/C15H21NO2/c1-2-11-3-5-13(6-4-11)14-7-12(8-15(17)18)9-16-10-14/h3-6,12,14,16H,2,7-10H2,1H3,(H,17,18). The predicted octanol–water partition coefficient (Wildman–Crippen LogP) is 2.42. The quantitative estimate of drug-likeness (QED) is 0.859. The van der Waals surface area contributed by atoms with Gasteiger partial charge < -0.3 is 10.4 Å². The van der Waals surface area contributed by atoms with E-state index in [4.69, 9.17) is 5.11 Å². The van der Waals surface area contributed by atoms with Gasteiger partial charge in [0.2, 0.25) is 0 Å². The molecule has 1 aromatic carbocycles. The van der Waals surface area contributed by atoms with E-state index in [9.17, 15) is 4.79 Å². The summed E-state index contributed by atoms with van der Waals surface area (Å²) in [5, 5.41) is 12.2. The molecule has 0 bridgehead atoms. The number of carboxylic acid groups (broad SMARTS) is 1. The lowest BCUT2D eigenvalue weighted by atomic mass is 9.84. The predicted molar refractivity (Wildman–Crippen MR) is 71.8 cm³/mol. The van der Waals surface area contributed by atoms with E-state index in [0.717, 1.165) is 25.9 Å². The highest BCUT2D eigenvalue weighted by atomic mass is 16.4. The van der Waals surface area contributed by atoms with Gasteiger partial charge in [0, 0.05) is 13.0 Å². The zero-order valence-corrected chi connectivity index (χ0v) is 10.9. The van der Waals surface area contributed by atoms with Crippen molar-refractivity contribution in [3.05, 3.63) is 35.4 Å². The Morgan fingerprint density at radius 1 is 1.33 bits per heavy atom. The second kappa shape index (κ2) is 6.01. The molecule has 0 spiro atoms. The van der Waals surface area contributed by atoms with Crippen LogP contribution in [-0.4, -0.2) is 24.2 Å². The van der Waals surface area contributed by atoms with Crippen molar-refractivity contribution in [3.63, 3.8) is 0 Å². The van der Waals surface area contributed by atoms with Crippen LogP contribution in [0.25, 0.3) is 0 Å². The summed E-state index contributed by atoms with van der Waals surface area (Å²) >= 11 is 0. The molecule has 3 nitrogen and oxygen atoms in total. The first-order valence-electron chi connectivity index (χ1n) is 6.70. The van der Waals surface area contributed by atoms with Gasteiger partial charge in [-0.25, -0.2) is 0 Å². The monoisotopic (exact) mass is 247 g/mol. The maximum atomic E-state index is 10.8. The zero-order valence-electron chi connectivity index (χ0n) is 10.9. The fraction of sp³-hybridized carbons (Fsp3) is 0.533. The number of aryl methyl sites for hydroxylation is 1. The third kappa shape index (κ3) is 3.33. The topological polar surface area (TPSA) is 49.3 Å². The molecule has 0 saturated carbocycles. The normalized spacial score (nSPS) is 23.8. The number of rotatable bonds is 4. The van der Waals surface area contributed by atoms with Gasteiger partial charge in [0.05, 0.1) is 0 Å². The lowest BCUT2D eigenvalue weighted by Gasteiger charge is -2.29. The van der Waals surface area contributed by atoms with Gasteiger partial charge in [0.25, 0.3) is 0 Å². The SMILES string of the molecule is CCc1ccc(C2CNCC(CC(=O)O)C2)cc1. The van der Waals surface area contributed by atoms with Crippen molar-refractivity contribution in [1.29, 1.82) is 0 Å². The molecule has 0 radical (unpaired) electrons. The van der Waals surface area contributed by atoms with Gasteiger partial charge in [-0.3, -0.25) is 4.79 Å². The molecule has 18 heavy (non-hydrogen) atoms. The molecule has 1 aliphatic heterocycles. The number of nitrogens with one attached hydrogen (secondary N) is 1. The minimum Gasteiger partial charge on any atom is -0.481 e. The molecular formula is C15H21NO2. The molecule has 0 aromatic heterocycles. The molecule has 2 unspecified atom stereocenters. The summed E-state index contributed by atoms with van der Waals surface area (Å²) in [7, 11) is 0. The van der Waals surface area contributed by atoms with Crippen LogP contribution < -0.4 is 5.32 Å². The smallest absolute Gasteiger partial charge is 0.303 e. The number of benzene rings is 1. The van der Waals surface area contributed by atoms with Crippen molar-refractivity contribution in [2.75, 3.05) is 13.1 Å². The lowest BCUT2D eigenvalue weighted by Crippen LogP contribution is -2.36. The molecule has 2 atom stereocenters. The molecule has 1 heterocycles. The van der Waals surface area contributed by atoms with Crippen molar-refractivity contribution >= 4 is 5.97 Å². The maximum absolute atomic E-state index is 10.8. The third-order valence-electron chi connectivity index (χ3n) is 3.76. The number of piperidine rings is 1. The Labute approximate surface area is 108 Å². The number of carboxylic acids is 1. The van der Waals surface area contributed by atoms with Crippen LogP contribution in [0.15, 0.2) is 24.3 Å². The Kier molecular flexibility index (Phi) is 4.37. The second-order valence-corrected chi connectivity index (χ2v) is 5.15. The average molecular weight is 247 g/mol. The minimum absolute atomic E-state index is 0.257. The Hall–Kier alpha value is -1.35. The first-order valence-corrected chi connectivity index (χ1v) is 6.70. The van der Waals surface area contributed by atoms with E-state index >= 15 is 0 Å². The van der Waals surface area contributed by atoms with Crippen LogP contribution in [0.5, 0.6) is 0 Å². The van der Waals surface area contributed by atoms with Crippen molar-refractivity contribution in [2.45, 2.75) is 32.1 Å². The fourth-order valence-electron chi connectivity index (χ4n) is 2.71. The summed E-state index contributed by atoms with van der Waals surface area (Å²) < 4.78 is 0. The molecule has 1 aliphatic rings. The van der Waals surface area contributed by atoms with Crippen molar-refractivity contribution in [3.8, 4) is 0 Å². The Balaban J connectivity index is 2.01. The first kappa shape index (κ1) is 13.1. The molecular weight excluding hydrogens is 226 g/mol. The van der Waals surface area contributed by atoms with Crippen LogP contribution in [0.1, 0.15) is 36.8 Å². The molecule has 1 saturated heterocycles. The van der Waals surface area contributed by atoms with Gasteiger partial charge in [-0.1, -0.05) is 31.2 Å². The summed E-state index contributed by atoms with van der Waals surface area (Å²) in [4.78, 5) is 10.8. The molecule has 3 heteroatoms. The van der Waals surface area contributed by atoms with E-state index in [0.29, 0.717) is 5.92 Å². The van der Waals surface area contributed by atoms with Gasteiger partial charge in [-0.05, 0) is 42.3 Å². The third-order valence-corrected chi connectivity index (χ3v) is 3.76. The largest absolute Gasteiger partial charge is 0.481 e. The number of aliphatic carboxylic acids is 1. The van der Waals surface area contributed by atoms with Crippen LogP contribution >= 0.6 is 0 Å². The van der Waals surface area contributed by atoms with Crippen molar-refractivity contribution in [2.24, 2.45) is 5.92 Å². The van der Waals surface area contributed by atoms with Crippen molar-refractivity contribution < 1.29 is 9.90 Å². The number of hydrogen-bond donors (Lipinski definition) is 2. The van der Waals surface area contributed by atoms with Gasteiger partial charge in [0.15, 0.2) is 0 Å². The van der Waals surface area contributed by atoms with Crippen LogP contribution in [0.2, 0.25) is 0 Å². The van der Waals surface area contributed by atoms with Gasteiger partial charge in [-0.2, -0.15) is 0 Å². The summed E-state index contributed by atoms with van der Waals surface area (Å²) in [6.45, 7) is 3.94. The Bertz CT molecular complexity index is 399. The van der Waals surface area contributed by atoms with Gasteiger partial charge >= 0.3 is 5.97 Å². The zero-order chi connectivity index (χ0) is 13.0. The average Bonchev–Trinajstić information content (AvgIpc) is 2.38. The van der Waals surface area contributed by atoms with E-state index in [1.54, 1.807) is 0 Å². The van der Waals surface area contributed by atoms with Gasteiger partial charge in [-0.15, -0.1) is 0 Å². The Morgan fingerprint density at radius 3 is 2.67 bits per heavy atom. The van der Waals surface area contributed by atoms with E-state index in [-0.39, 0.29) is 12.3 Å². The fourth-order valence-corrected chi connectivity index (χ4v) is 2.71. The maximum Gasteiger partial charge on any atom is 0.303 e. The second-order valence-electron chi connectivity index (χ2n) is 5.15. The van der Waals surface area contributed by atoms with Crippen LogP contribution in [0, 0.1) is 5.92 Å². The number of carbonyl (C=O) groups is 1. The Morgan fingerprint density at radius 2 is 2.06 bits per heavy atom. The molecule has 2 N–H and O–H groups in total. The summed E-state index contributed by atoms with van der Waals surface area (Å²) in [6.07, 6.45) is 2.31. The molecule has 0 amide bonds. The van der Waals surface area contributed by atoms with Gasteiger partial charge in [0.1, 0.15) is 0 Å². The molecule has 2 rings (SSSR count). The van der Waals surface area contributed by atoms with Crippen LogP contribution in [0.3, 0.4) is 0 Å². The summed E-state index contributed by atoms with van der Waals surface area (Å²) in [6, 6.07) is 8.73. The van der Waals surface area contributed by atoms with Crippen LogP contribution in [-0.2, 0) is 11.2 Å². The van der Waals surface area contributed by atoms with E-state index in [1.807, 2.05) is 0 Å². The van der Waals surface area contributed by atoms with E-state index in [1.165, 1.54) is 11.1 Å². The molecule has 1 fully saturated rings. The highest BCUT2D eigenvalue weighted by molar-refractivity contribution is 5.67. The first-order chi connectivity index (χ1) is 8.69. The summed E-state index contributed by atoms with van der Waals surface area (Å²) in [5.74, 6) is 0.0184. The molecule has 98 valence electrons.